The molecule has 3 rings (SSSR count). The van der Waals surface area contributed by atoms with E-state index in [9.17, 15) is 4.79 Å². The molecular weight excluding hydrogens is 302 g/mol. The highest BCUT2D eigenvalue weighted by Crippen LogP contribution is 2.27. The van der Waals surface area contributed by atoms with Gasteiger partial charge in [0.1, 0.15) is 0 Å². The topological polar surface area (TPSA) is 45.7 Å². The van der Waals surface area contributed by atoms with Crippen molar-refractivity contribution in [2.75, 3.05) is 44.2 Å². The number of rotatable bonds is 4. The third-order valence-electron chi connectivity index (χ3n) is 4.54. The first-order valence-electron chi connectivity index (χ1n) is 8.66. The Kier molecular flexibility index (Phi) is 5.30. The third-order valence-corrected chi connectivity index (χ3v) is 4.54. The van der Waals surface area contributed by atoms with Gasteiger partial charge < -0.3 is 9.64 Å². The fourth-order valence-electron chi connectivity index (χ4n) is 3.34. The molecule has 1 aromatic carbocycles. The van der Waals surface area contributed by atoms with Crippen LogP contribution in [0, 0.1) is 6.92 Å². The van der Waals surface area contributed by atoms with Crippen molar-refractivity contribution < 1.29 is 9.53 Å². The molecule has 0 spiro atoms. The lowest BCUT2D eigenvalue weighted by Crippen LogP contribution is -2.35. The van der Waals surface area contributed by atoms with Crippen LogP contribution in [0.1, 0.15) is 18.9 Å². The van der Waals surface area contributed by atoms with Crippen LogP contribution in [0.15, 0.2) is 30.5 Å². The van der Waals surface area contributed by atoms with Gasteiger partial charge in [0.25, 0.3) is 0 Å². The minimum absolute atomic E-state index is 0.129. The number of nitrogens with zero attached hydrogens (tertiary/aromatic N) is 3. The van der Waals surface area contributed by atoms with Gasteiger partial charge in [0, 0.05) is 43.4 Å². The van der Waals surface area contributed by atoms with Crippen LogP contribution in [0.3, 0.4) is 0 Å². The zero-order chi connectivity index (χ0) is 16.9. The van der Waals surface area contributed by atoms with E-state index in [1.54, 1.807) is 0 Å². The highest BCUT2D eigenvalue weighted by atomic mass is 16.5. The summed E-state index contributed by atoms with van der Waals surface area (Å²) in [4.78, 5) is 20.8. The van der Waals surface area contributed by atoms with E-state index in [4.69, 9.17) is 4.74 Å². The monoisotopic (exact) mass is 327 g/mol. The van der Waals surface area contributed by atoms with E-state index in [-0.39, 0.29) is 5.97 Å². The van der Waals surface area contributed by atoms with Gasteiger partial charge in [0.15, 0.2) is 0 Å². The number of carbonyl (C=O) groups is 1. The normalized spacial score (nSPS) is 16.2. The summed E-state index contributed by atoms with van der Waals surface area (Å²) in [5, 5.41) is 1.20. The fourth-order valence-corrected chi connectivity index (χ4v) is 3.34. The lowest BCUT2D eigenvalue weighted by atomic mass is 10.1. The summed E-state index contributed by atoms with van der Waals surface area (Å²) in [5.74, 6) is -0.129. The molecule has 0 N–H and O–H groups in total. The summed E-state index contributed by atoms with van der Waals surface area (Å²) >= 11 is 0. The molecule has 1 aliphatic heterocycles. The first kappa shape index (κ1) is 16.7. The van der Waals surface area contributed by atoms with Crippen molar-refractivity contribution in [1.29, 1.82) is 0 Å². The van der Waals surface area contributed by atoms with Crippen LogP contribution in [0.2, 0.25) is 0 Å². The van der Waals surface area contributed by atoms with Gasteiger partial charge >= 0.3 is 5.97 Å². The first-order valence-corrected chi connectivity index (χ1v) is 8.66. The quantitative estimate of drug-likeness (QED) is 0.808. The summed E-state index contributed by atoms with van der Waals surface area (Å²) in [6.45, 7) is 8.48. The minimum Gasteiger partial charge on any atom is -0.465 e. The average Bonchev–Trinajstić information content (AvgIpc) is 2.80. The van der Waals surface area contributed by atoms with E-state index in [0.717, 1.165) is 38.1 Å². The molecule has 0 unspecified atom stereocenters. The predicted octanol–water partition coefficient (Wildman–Crippen LogP) is 2.62. The van der Waals surface area contributed by atoms with Crippen LogP contribution in [0.25, 0.3) is 10.9 Å². The Labute approximate surface area is 143 Å². The number of carbonyl (C=O) groups excluding carboxylic acids is 1. The van der Waals surface area contributed by atoms with Gasteiger partial charge in [-0.3, -0.25) is 14.7 Å². The Morgan fingerprint density at radius 2 is 2.08 bits per heavy atom. The number of aryl methyl sites for hydroxylation is 1. The minimum atomic E-state index is -0.129. The van der Waals surface area contributed by atoms with Crippen molar-refractivity contribution in [2.45, 2.75) is 20.3 Å². The molecule has 0 atom stereocenters. The highest BCUT2D eigenvalue weighted by molar-refractivity contribution is 5.93. The molecule has 0 amide bonds. The molecule has 2 heterocycles. The summed E-state index contributed by atoms with van der Waals surface area (Å²) in [6, 6.07) is 8.44. The van der Waals surface area contributed by atoms with Crippen molar-refractivity contribution in [2.24, 2.45) is 0 Å². The summed E-state index contributed by atoms with van der Waals surface area (Å²) in [7, 11) is 0. The molecule has 5 heteroatoms. The summed E-state index contributed by atoms with van der Waals surface area (Å²) < 4.78 is 5.07. The molecule has 1 aliphatic rings. The van der Waals surface area contributed by atoms with E-state index < -0.39 is 0 Å². The number of ether oxygens (including phenoxy) is 1. The average molecular weight is 327 g/mol. The second kappa shape index (κ2) is 7.62. The number of para-hydroxylation sites is 1. The molecule has 0 aliphatic carbocycles. The van der Waals surface area contributed by atoms with Crippen molar-refractivity contribution in [3.8, 4) is 0 Å². The van der Waals surface area contributed by atoms with E-state index in [0.29, 0.717) is 13.2 Å². The number of benzene rings is 1. The molecule has 5 nitrogen and oxygen atoms in total. The van der Waals surface area contributed by atoms with Gasteiger partial charge in [0.05, 0.1) is 18.7 Å². The van der Waals surface area contributed by atoms with Crippen LogP contribution in [0.4, 0.5) is 5.69 Å². The Morgan fingerprint density at radius 3 is 2.92 bits per heavy atom. The van der Waals surface area contributed by atoms with Gasteiger partial charge in [-0.05, 0) is 31.9 Å². The zero-order valence-corrected chi connectivity index (χ0v) is 14.5. The number of anilines is 1. The number of hydrogen-bond acceptors (Lipinski definition) is 5. The second-order valence-corrected chi connectivity index (χ2v) is 6.22. The summed E-state index contributed by atoms with van der Waals surface area (Å²) in [5.41, 5.74) is 3.51. The van der Waals surface area contributed by atoms with Crippen molar-refractivity contribution in [1.82, 2.24) is 9.88 Å². The van der Waals surface area contributed by atoms with Crippen LogP contribution < -0.4 is 4.90 Å². The molecule has 0 radical (unpaired) electrons. The van der Waals surface area contributed by atoms with E-state index >= 15 is 0 Å². The van der Waals surface area contributed by atoms with Crippen LogP contribution in [0.5, 0.6) is 0 Å². The lowest BCUT2D eigenvalue weighted by Gasteiger charge is -2.25. The number of aromatic nitrogens is 1. The smallest absolute Gasteiger partial charge is 0.320 e. The molecular formula is C19H25N3O2. The van der Waals surface area contributed by atoms with Crippen molar-refractivity contribution >= 4 is 22.6 Å². The molecule has 24 heavy (non-hydrogen) atoms. The number of fused-ring (bicyclic) bond motifs is 1. The zero-order valence-electron chi connectivity index (χ0n) is 14.5. The Morgan fingerprint density at radius 1 is 1.21 bits per heavy atom. The predicted molar refractivity (Wildman–Crippen MR) is 96.4 cm³/mol. The van der Waals surface area contributed by atoms with Gasteiger partial charge in [-0.15, -0.1) is 0 Å². The number of pyridine rings is 1. The molecule has 0 saturated carbocycles. The van der Waals surface area contributed by atoms with Gasteiger partial charge in [-0.2, -0.15) is 0 Å². The van der Waals surface area contributed by atoms with Crippen LogP contribution in [-0.2, 0) is 9.53 Å². The summed E-state index contributed by atoms with van der Waals surface area (Å²) in [6.07, 6.45) is 2.93. The standard InChI is InChI=1S/C19H25N3O2/c1-3-24-18(23)14-21-10-5-11-22(13-12-21)17-8-9-20-19-15(2)6-4-7-16(17)19/h4,6-9H,3,5,10-14H2,1-2H3. The maximum atomic E-state index is 11.7. The molecule has 2 aromatic rings. The second-order valence-electron chi connectivity index (χ2n) is 6.22. The lowest BCUT2D eigenvalue weighted by molar-refractivity contribution is -0.144. The molecule has 128 valence electrons. The third kappa shape index (κ3) is 3.67. The maximum Gasteiger partial charge on any atom is 0.320 e. The fraction of sp³-hybridized carbons (Fsp3) is 0.474. The Bertz CT molecular complexity index is 717. The Hall–Kier alpha value is -2.14. The van der Waals surface area contributed by atoms with Crippen molar-refractivity contribution in [3.63, 3.8) is 0 Å². The number of esters is 1. The molecule has 0 bridgehead atoms. The highest BCUT2D eigenvalue weighted by Gasteiger charge is 2.19. The number of hydrogen-bond donors (Lipinski definition) is 0. The maximum absolute atomic E-state index is 11.7. The Balaban J connectivity index is 1.75. The van der Waals surface area contributed by atoms with E-state index in [2.05, 4.69) is 46.0 Å². The van der Waals surface area contributed by atoms with Gasteiger partial charge in [0.2, 0.25) is 0 Å². The van der Waals surface area contributed by atoms with Gasteiger partial charge in [-0.1, -0.05) is 18.2 Å². The van der Waals surface area contributed by atoms with Crippen LogP contribution in [-0.4, -0.2) is 55.2 Å². The first-order chi connectivity index (χ1) is 11.7. The molecule has 1 fully saturated rings. The molecule has 1 aromatic heterocycles. The van der Waals surface area contributed by atoms with E-state index in [1.807, 2.05) is 13.1 Å². The van der Waals surface area contributed by atoms with E-state index in [1.165, 1.54) is 16.6 Å². The van der Waals surface area contributed by atoms with Gasteiger partial charge in [-0.25, -0.2) is 0 Å². The largest absolute Gasteiger partial charge is 0.465 e. The van der Waals surface area contributed by atoms with Crippen molar-refractivity contribution in [3.05, 3.63) is 36.0 Å². The SMILES string of the molecule is CCOC(=O)CN1CCCN(c2ccnc3c(C)cccc23)CC1. The van der Waals surface area contributed by atoms with Crippen LogP contribution >= 0.6 is 0 Å². The molecule has 1 saturated heterocycles.